The molecule has 1 aromatic rings. The Balaban J connectivity index is 1.52. The Morgan fingerprint density at radius 2 is 1.62 bits per heavy atom. The highest BCUT2D eigenvalue weighted by Gasteiger charge is 2.48. The summed E-state index contributed by atoms with van der Waals surface area (Å²) in [7, 11) is 0. The fraction of sp³-hybridized carbons (Fsp3) is 0.680. The second-order valence-electron chi connectivity index (χ2n) is 8.82. The van der Waals surface area contributed by atoms with Crippen LogP contribution in [-0.2, 0) is 5.41 Å². The van der Waals surface area contributed by atoms with E-state index in [1.54, 1.807) is 5.56 Å². The van der Waals surface area contributed by atoms with Gasteiger partial charge in [-0.05, 0) is 93.2 Å². The third-order valence-electron chi connectivity index (χ3n) is 7.20. The smallest absolute Gasteiger partial charge is 0.119 e. The summed E-state index contributed by atoms with van der Waals surface area (Å²) >= 11 is 0. The molecule has 3 fully saturated rings. The van der Waals surface area contributed by atoms with Crippen LogP contribution < -0.4 is 4.74 Å². The molecule has 144 valence electrons. The zero-order chi connectivity index (χ0) is 18.3. The van der Waals surface area contributed by atoms with Crippen LogP contribution in [0.3, 0.4) is 0 Å². The SMILES string of the molecule is CC=CCCCOc1ccc(C23CCC(CCCCC)(CC2)CC3)cc1. The molecule has 0 N–H and O–H groups in total. The molecular weight excluding hydrogens is 316 g/mol. The second kappa shape index (κ2) is 9.11. The fourth-order valence-corrected chi connectivity index (χ4v) is 5.28. The van der Waals surface area contributed by atoms with Crippen molar-refractivity contribution in [3.05, 3.63) is 42.0 Å². The van der Waals surface area contributed by atoms with Gasteiger partial charge in [-0.15, -0.1) is 0 Å². The summed E-state index contributed by atoms with van der Waals surface area (Å²) in [6.07, 6.45) is 20.8. The van der Waals surface area contributed by atoms with Crippen molar-refractivity contribution in [1.82, 2.24) is 0 Å². The molecule has 0 heterocycles. The average Bonchev–Trinajstić information content (AvgIpc) is 2.70. The van der Waals surface area contributed by atoms with Crippen LogP contribution in [0.4, 0.5) is 0 Å². The van der Waals surface area contributed by atoms with E-state index in [-0.39, 0.29) is 0 Å². The topological polar surface area (TPSA) is 9.23 Å². The Morgan fingerprint density at radius 3 is 2.23 bits per heavy atom. The van der Waals surface area contributed by atoms with Gasteiger partial charge in [0.05, 0.1) is 6.61 Å². The summed E-state index contributed by atoms with van der Waals surface area (Å²) < 4.78 is 5.91. The molecule has 0 aliphatic heterocycles. The van der Waals surface area contributed by atoms with Gasteiger partial charge >= 0.3 is 0 Å². The van der Waals surface area contributed by atoms with E-state index in [0.717, 1.165) is 25.2 Å². The molecule has 0 aromatic heterocycles. The first-order chi connectivity index (χ1) is 12.7. The summed E-state index contributed by atoms with van der Waals surface area (Å²) in [6, 6.07) is 9.13. The van der Waals surface area contributed by atoms with Crippen LogP contribution in [0.5, 0.6) is 5.75 Å². The number of benzene rings is 1. The molecule has 1 aromatic carbocycles. The van der Waals surface area contributed by atoms with Crippen LogP contribution in [0.15, 0.2) is 36.4 Å². The maximum Gasteiger partial charge on any atom is 0.119 e. The molecular formula is C25H38O. The number of fused-ring (bicyclic) bond motifs is 3. The fourth-order valence-electron chi connectivity index (χ4n) is 5.28. The highest BCUT2D eigenvalue weighted by atomic mass is 16.5. The normalized spacial score (nSPS) is 27.9. The quantitative estimate of drug-likeness (QED) is 0.310. The second-order valence-corrected chi connectivity index (χ2v) is 8.82. The molecule has 3 aliphatic carbocycles. The molecule has 0 atom stereocenters. The van der Waals surface area contributed by atoms with E-state index in [2.05, 4.69) is 50.3 Å². The molecule has 3 aliphatic rings. The van der Waals surface area contributed by atoms with E-state index < -0.39 is 0 Å². The molecule has 0 saturated heterocycles. The number of unbranched alkanes of at least 4 members (excludes halogenated alkanes) is 3. The average molecular weight is 355 g/mol. The van der Waals surface area contributed by atoms with Gasteiger partial charge in [0.1, 0.15) is 5.75 Å². The molecule has 1 heteroatoms. The molecule has 0 spiro atoms. The van der Waals surface area contributed by atoms with Gasteiger partial charge in [-0.2, -0.15) is 0 Å². The number of ether oxygens (including phenoxy) is 1. The van der Waals surface area contributed by atoms with Crippen molar-refractivity contribution in [2.45, 2.75) is 96.3 Å². The lowest BCUT2D eigenvalue weighted by Crippen LogP contribution is -2.44. The van der Waals surface area contributed by atoms with Crippen molar-refractivity contribution < 1.29 is 4.74 Å². The Labute approximate surface area is 161 Å². The largest absolute Gasteiger partial charge is 0.494 e. The van der Waals surface area contributed by atoms with Gasteiger partial charge in [-0.25, -0.2) is 0 Å². The standard InChI is InChI=1S/C25H38O/c1-3-5-7-9-21-26-23-12-10-22(11-13-23)25-18-15-24(16-19-25,17-20-25)14-8-6-4-2/h3,5,10-13H,4,6-9,14-21H2,1-2H3. The van der Waals surface area contributed by atoms with Crippen LogP contribution in [0, 0.1) is 5.41 Å². The highest BCUT2D eigenvalue weighted by molar-refractivity contribution is 5.34. The predicted octanol–water partition coefficient (Wildman–Crippen LogP) is 7.59. The Kier molecular flexibility index (Phi) is 6.84. The Morgan fingerprint density at radius 1 is 0.923 bits per heavy atom. The van der Waals surface area contributed by atoms with Crippen molar-refractivity contribution in [2.24, 2.45) is 5.41 Å². The summed E-state index contributed by atoms with van der Waals surface area (Å²) in [4.78, 5) is 0. The molecule has 0 amide bonds. The number of rotatable bonds is 10. The molecule has 3 saturated carbocycles. The molecule has 0 unspecified atom stereocenters. The van der Waals surface area contributed by atoms with E-state index in [1.807, 2.05) is 0 Å². The van der Waals surface area contributed by atoms with Crippen LogP contribution in [0.2, 0.25) is 0 Å². The van der Waals surface area contributed by atoms with Gasteiger partial charge in [-0.3, -0.25) is 0 Å². The first kappa shape index (κ1) is 19.5. The zero-order valence-corrected chi connectivity index (χ0v) is 17.1. The number of hydrogen-bond donors (Lipinski definition) is 0. The number of hydrogen-bond acceptors (Lipinski definition) is 1. The molecule has 1 nitrogen and oxygen atoms in total. The van der Waals surface area contributed by atoms with Crippen molar-refractivity contribution in [3.63, 3.8) is 0 Å². The lowest BCUT2D eigenvalue weighted by molar-refractivity contribution is 0.0305. The van der Waals surface area contributed by atoms with Gasteiger partial charge in [0.2, 0.25) is 0 Å². The lowest BCUT2D eigenvalue weighted by atomic mass is 9.51. The van der Waals surface area contributed by atoms with Crippen LogP contribution >= 0.6 is 0 Å². The van der Waals surface area contributed by atoms with Crippen molar-refractivity contribution in [3.8, 4) is 5.75 Å². The maximum absolute atomic E-state index is 5.91. The van der Waals surface area contributed by atoms with Gasteiger partial charge < -0.3 is 4.74 Å². The van der Waals surface area contributed by atoms with Crippen molar-refractivity contribution in [2.75, 3.05) is 6.61 Å². The molecule has 0 radical (unpaired) electrons. The molecule has 4 rings (SSSR count). The molecule has 2 bridgehead atoms. The summed E-state index contributed by atoms with van der Waals surface area (Å²) in [5, 5.41) is 0. The summed E-state index contributed by atoms with van der Waals surface area (Å²) in [5.74, 6) is 1.03. The van der Waals surface area contributed by atoms with Gasteiger partial charge in [0, 0.05) is 0 Å². The minimum absolute atomic E-state index is 0.469. The molecule has 26 heavy (non-hydrogen) atoms. The predicted molar refractivity (Wildman–Crippen MR) is 112 cm³/mol. The highest BCUT2D eigenvalue weighted by Crippen LogP contribution is 2.59. The zero-order valence-electron chi connectivity index (χ0n) is 17.1. The van der Waals surface area contributed by atoms with Gasteiger partial charge in [0.25, 0.3) is 0 Å². The first-order valence-corrected chi connectivity index (χ1v) is 11.1. The monoisotopic (exact) mass is 354 g/mol. The Bertz CT molecular complexity index is 544. The van der Waals surface area contributed by atoms with E-state index in [4.69, 9.17) is 4.74 Å². The summed E-state index contributed by atoms with van der Waals surface area (Å²) in [6.45, 7) is 5.21. The van der Waals surface area contributed by atoms with Crippen LogP contribution in [0.1, 0.15) is 96.5 Å². The van der Waals surface area contributed by atoms with Gasteiger partial charge in [-0.1, -0.05) is 50.5 Å². The lowest BCUT2D eigenvalue weighted by Gasteiger charge is -2.54. The third kappa shape index (κ3) is 4.53. The Hall–Kier alpha value is -1.24. The van der Waals surface area contributed by atoms with E-state index in [0.29, 0.717) is 10.8 Å². The first-order valence-electron chi connectivity index (χ1n) is 11.1. The minimum atomic E-state index is 0.469. The summed E-state index contributed by atoms with van der Waals surface area (Å²) in [5.41, 5.74) is 2.74. The van der Waals surface area contributed by atoms with Gasteiger partial charge in [0.15, 0.2) is 0 Å². The van der Waals surface area contributed by atoms with Crippen molar-refractivity contribution in [1.29, 1.82) is 0 Å². The van der Waals surface area contributed by atoms with E-state index in [9.17, 15) is 0 Å². The van der Waals surface area contributed by atoms with E-state index >= 15 is 0 Å². The van der Waals surface area contributed by atoms with Crippen LogP contribution in [0.25, 0.3) is 0 Å². The van der Waals surface area contributed by atoms with E-state index in [1.165, 1.54) is 64.2 Å². The third-order valence-corrected chi connectivity index (χ3v) is 7.20. The van der Waals surface area contributed by atoms with Crippen LogP contribution in [-0.4, -0.2) is 6.61 Å². The minimum Gasteiger partial charge on any atom is -0.494 e. The van der Waals surface area contributed by atoms with Crippen molar-refractivity contribution >= 4 is 0 Å². The number of allylic oxidation sites excluding steroid dienone is 2. The maximum atomic E-state index is 5.91.